The molecule has 0 aliphatic rings. The van der Waals surface area contributed by atoms with E-state index in [-0.39, 0.29) is 17.8 Å². The van der Waals surface area contributed by atoms with Crippen molar-refractivity contribution in [1.29, 1.82) is 0 Å². The summed E-state index contributed by atoms with van der Waals surface area (Å²) in [7, 11) is 0. The Bertz CT molecular complexity index is 898. The maximum atomic E-state index is 12.0. The molecule has 0 bridgehead atoms. The number of halogens is 1. The van der Waals surface area contributed by atoms with E-state index in [2.05, 4.69) is 0 Å². The normalized spacial score (nSPS) is 10.6. The Balaban J connectivity index is 1.82. The molecule has 1 heterocycles. The lowest BCUT2D eigenvalue weighted by Crippen LogP contribution is -2.10. The van der Waals surface area contributed by atoms with Crippen molar-refractivity contribution in [2.75, 3.05) is 0 Å². The second-order valence-electron chi connectivity index (χ2n) is 4.68. The van der Waals surface area contributed by atoms with Crippen molar-refractivity contribution in [3.8, 4) is 0 Å². The standard InChI is InChI=1S/C17H11ClO4/c18-12-5-3-4-11(8-12)10-21-17(20)16-9-14(19)13-6-1-2-7-15(13)22-16/h1-9H,10H2. The number of benzene rings is 2. The lowest BCUT2D eigenvalue weighted by molar-refractivity contribution is 0.0436. The van der Waals surface area contributed by atoms with Crippen LogP contribution in [0.15, 0.2) is 63.8 Å². The summed E-state index contributed by atoms with van der Waals surface area (Å²) in [5.74, 6) is -0.812. The van der Waals surface area contributed by atoms with Crippen LogP contribution in [0, 0.1) is 0 Å². The molecule has 0 radical (unpaired) electrons. The van der Waals surface area contributed by atoms with Crippen molar-refractivity contribution in [2.45, 2.75) is 6.61 Å². The second-order valence-corrected chi connectivity index (χ2v) is 5.11. The molecule has 0 unspecified atom stereocenters. The van der Waals surface area contributed by atoms with Crippen molar-refractivity contribution < 1.29 is 13.9 Å². The van der Waals surface area contributed by atoms with E-state index >= 15 is 0 Å². The third kappa shape index (κ3) is 3.02. The van der Waals surface area contributed by atoms with Crippen LogP contribution in [0.25, 0.3) is 11.0 Å². The number of para-hydroxylation sites is 1. The quantitative estimate of drug-likeness (QED) is 0.690. The van der Waals surface area contributed by atoms with E-state index in [1.54, 1.807) is 48.5 Å². The molecule has 0 saturated carbocycles. The SMILES string of the molecule is O=C(OCc1cccc(Cl)c1)c1cc(=O)c2ccccc2o1. The Morgan fingerprint density at radius 3 is 2.73 bits per heavy atom. The van der Waals surface area contributed by atoms with E-state index in [0.717, 1.165) is 11.6 Å². The highest BCUT2D eigenvalue weighted by Crippen LogP contribution is 2.14. The number of rotatable bonds is 3. The van der Waals surface area contributed by atoms with Gasteiger partial charge in [-0.3, -0.25) is 4.79 Å². The zero-order valence-corrected chi connectivity index (χ0v) is 12.2. The summed E-state index contributed by atoms with van der Waals surface area (Å²) in [4.78, 5) is 23.9. The predicted molar refractivity (Wildman–Crippen MR) is 83.1 cm³/mol. The predicted octanol–water partition coefficient (Wildman–Crippen LogP) is 3.80. The van der Waals surface area contributed by atoms with Crippen LogP contribution < -0.4 is 5.43 Å². The molecule has 22 heavy (non-hydrogen) atoms. The van der Waals surface area contributed by atoms with Gasteiger partial charge in [0.1, 0.15) is 12.2 Å². The molecule has 0 saturated heterocycles. The average molecular weight is 315 g/mol. The molecule has 0 N–H and O–H groups in total. The van der Waals surface area contributed by atoms with Crippen LogP contribution in [-0.4, -0.2) is 5.97 Å². The summed E-state index contributed by atoms with van der Waals surface area (Å²) in [6, 6.07) is 14.9. The van der Waals surface area contributed by atoms with Gasteiger partial charge < -0.3 is 9.15 Å². The summed E-state index contributed by atoms with van der Waals surface area (Å²) in [6.45, 7) is 0.0515. The molecule has 110 valence electrons. The first kappa shape index (κ1) is 14.4. The van der Waals surface area contributed by atoms with E-state index < -0.39 is 5.97 Å². The summed E-state index contributed by atoms with van der Waals surface area (Å²) in [5, 5.41) is 0.986. The summed E-state index contributed by atoms with van der Waals surface area (Å²) < 4.78 is 10.6. The van der Waals surface area contributed by atoms with Crippen LogP contribution in [0.4, 0.5) is 0 Å². The zero-order chi connectivity index (χ0) is 15.5. The highest BCUT2D eigenvalue weighted by Gasteiger charge is 2.13. The van der Waals surface area contributed by atoms with Crippen molar-refractivity contribution in [3.05, 3.63) is 81.2 Å². The Morgan fingerprint density at radius 1 is 1.09 bits per heavy atom. The molecule has 0 aliphatic carbocycles. The minimum absolute atomic E-state index is 0.0515. The molecule has 3 rings (SSSR count). The molecule has 0 spiro atoms. The first-order valence-corrected chi connectivity index (χ1v) is 6.96. The van der Waals surface area contributed by atoms with Gasteiger partial charge in [0.15, 0.2) is 5.43 Å². The van der Waals surface area contributed by atoms with Gasteiger partial charge in [-0.25, -0.2) is 4.79 Å². The molecule has 4 nitrogen and oxygen atoms in total. The topological polar surface area (TPSA) is 56.5 Å². The summed E-state index contributed by atoms with van der Waals surface area (Å²) in [5.41, 5.74) is 0.824. The average Bonchev–Trinajstić information content (AvgIpc) is 2.52. The van der Waals surface area contributed by atoms with Crippen molar-refractivity contribution >= 4 is 28.5 Å². The van der Waals surface area contributed by atoms with E-state index in [9.17, 15) is 9.59 Å². The molecular weight excluding hydrogens is 304 g/mol. The maximum Gasteiger partial charge on any atom is 0.374 e. The van der Waals surface area contributed by atoms with Crippen molar-refractivity contribution in [1.82, 2.24) is 0 Å². The molecule has 3 aromatic rings. The van der Waals surface area contributed by atoms with E-state index in [4.69, 9.17) is 20.8 Å². The van der Waals surface area contributed by atoms with Gasteiger partial charge in [-0.15, -0.1) is 0 Å². The Labute approximate surface area is 130 Å². The fraction of sp³-hybridized carbons (Fsp3) is 0.0588. The van der Waals surface area contributed by atoms with Crippen LogP contribution in [0.3, 0.4) is 0 Å². The van der Waals surface area contributed by atoms with Crippen LogP contribution in [0.5, 0.6) is 0 Å². The number of hydrogen-bond donors (Lipinski definition) is 0. The molecular formula is C17H11ClO4. The number of carbonyl (C=O) groups excluding carboxylic acids is 1. The van der Waals surface area contributed by atoms with Gasteiger partial charge in [-0.1, -0.05) is 35.9 Å². The van der Waals surface area contributed by atoms with Gasteiger partial charge in [-0.05, 0) is 29.8 Å². The third-order valence-electron chi connectivity index (χ3n) is 3.09. The Hall–Kier alpha value is -2.59. The van der Waals surface area contributed by atoms with Gasteiger partial charge in [0.05, 0.1) is 5.39 Å². The first-order valence-electron chi connectivity index (χ1n) is 6.58. The molecule has 5 heteroatoms. The van der Waals surface area contributed by atoms with Crippen molar-refractivity contribution in [3.63, 3.8) is 0 Å². The first-order chi connectivity index (χ1) is 10.6. The van der Waals surface area contributed by atoms with Crippen molar-refractivity contribution in [2.24, 2.45) is 0 Å². The Kier molecular flexibility index (Phi) is 3.94. The number of fused-ring (bicyclic) bond motifs is 1. The number of hydrogen-bond acceptors (Lipinski definition) is 4. The molecule has 2 aromatic carbocycles. The van der Waals surface area contributed by atoms with Crippen LogP contribution in [0.2, 0.25) is 5.02 Å². The van der Waals surface area contributed by atoms with E-state index in [1.807, 2.05) is 0 Å². The summed E-state index contributed by atoms with van der Waals surface area (Å²) in [6.07, 6.45) is 0. The van der Waals surface area contributed by atoms with Gasteiger partial charge >= 0.3 is 5.97 Å². The summed E-state index contributed by atoms with van der Waals surface area (Å²) >= 11 is 5.86. The smallest absolute Gasteiger partial charge is 0.374 e. The van der Waals surface area contributed by atoms with Crippen LogP contribution >= 0.6 is 11.6 Å². The maximum absolute atomic E-state index is 12.0. The number of carbonyl (C=O) groups is 1. The Morgan fingerprint density at radius 2 is 1.91 bits per heavy atom. The fourth-order valence-corrected chi connectivity index (χ4v) is 2.26. The molecule has 1 aromatic heterocycles. The third-order valence-corrected chi connectivity index (χ3v) is 3.33. The fourth-order valence-electron chi connectivity index (χ4n) is 2.05. The lowest BCUT2D eigenvalue weighted by Gasteiger charge is -2.05. The minimum atomic E-state index is -0.692. The second kappa shape index (κ2) is 6.03. The lowest BCUT2D eigenvalue weighted by atomic mass is 10.2. The zero-order valence-electron chi connectivity index (χ0n) is 11.4. The monoisotopic (exact) mass is 314 g/mol. The van der Waals surface area contributed by atoms with Crippen LogP contribution in [-0.2, 0) is 11.3 Å². The largest absolute Gasteiger partial charge is 0.455 e. The van der Waals surface area contributed by atoms with Crippen LogP contribution in [0.1, 0.15) is 16.1 Å². The molecule has 0 fully saturated rings. The van der Waals surface area contributed by atoms with Gasteiger partial charge in [0.2, 0.25) is 5.76 Å². The minimum Gasteiger partial charge on any atom is -0.455 e. The molecule has 0 aliphatic heterocycles. The number of esters is 1. The van der Waals surface area contributed by atoms with E-state index in [1.165, 1.54) is 0 Å². The highest BCUT2D eigenvalue weighted by molar-refractivity contribution is 6.30. The van der Waals surface area contributed by atoms with E-state index in [0.29, 0.717) is 16.0 Å². The molecule has 0 amide bonds. The van der Waals surface area contributed by atoms with Gasteiger partial charge in [0.25, 0.3) is 0 Å². The van der Waals surface area contributed by atoms with Gasteiger partial charge in [0, 0.05) is 11.1 Å². The number of ether oxygens (including phenoxy) is 1. The van der Waals surface area contributed by atoms with Gasteiger partial charge in [-0.2, -0.15) is 0 Å². The highest BCUT2D eigenvalue weighted by atomic mass is 35.5. The molecule has 0 atom stereocenters.